The first-order chi connectivity index (χ1) is 8.50. The number of rotatable bonds is 2. The van der Waals surface area contributed by atoms with Gasteiger partial charge < -0.3 is 14.8 Å². The van der Waals surface area contributed by atoms with Gasteiger partial charge in [-0.2, -0.15) is 0 Å². The van der Waals surface area contributed by atoms with Crippen LogP contribution >= 0.6 is 0 Å². The van der Waals surface area contributed by atoms with E-state index < -0.39 is 4.92 Å². The third-order valence-electron chi connectivity index (χ3n) is 3.18. The minimum absolute atomic E-state index is 0.0522. The quantitative estimate of drug-likeness (QED) is 0.609. The SMILES string of the molecule is C[C@H]1CNCCN1C(=O)c1cc([N+](=O)[O-])cn1C. The average molecular weight is 252 g/mol. The fraction of sp³-hybridized carbons (Fsp3) is 0.545. The Labute approximate surface area is 105 Å². The molecule has 18 heavy (non-hydrogen) atoms. The molecule has 1 saturated heterocycles. The van der Waals surface area contributed by atoms with Gasteiger partial charge in [-0.05, 0) is 6.92 Å². The molecule has 2 heterocycles. The lowest BCUT2D eigenvalue weighted by Gasteiger charge is -2.33. The van der Waals surface area contributed by atoms with Gasteiger partial charge >= 0.3 is 0 Å². The van der Waals surface area contributed by atoms with Crippen molar-refractivity contribution in [1.82, 2.24) is 14.8 Å². The van der Waals surface area contributed by atoms with Crippen LogP contribution in [0.25, 0.3) is 0 Å². The van der Waals surface area contributed by atoms with E-state index in [4.69, 9.17) is 0 Å². The zero-order valence-electron chi connectivity index (χ0n) is 10.4. The number of carbonyl (C=O) groups excluding carboxylic acids is 1. The molecular formula is C11H16N4O3. The van der Waals surface area contributed by atoms with Gasteiger partial charge in [0.15, 0.2) is 0 Å². The number of aromatic nitrogens is 1. The maximum Gasteiger partial charge on any atom is 0.287 e. The van der Waals surface area contributed by atoms with Crippen LogP contribution in [-0.4, -0.2) is 46.0 Å². The van der Waals surface area contributed by atoms with Gasteiger partial charge in [0, 0.05) is 38.8 Å². The highest BCUT2D eigenvalue weighted by Gasteiger charge is 2.27. The molecular weight excluding hydrogens is 236 g/mol. The fourth-order valence-electron chi connectivity index (χ4n) is 2.15. The van der Waals surface area contributed by atoms with Crippen LogP contribution in [0.4, 0.5) is 5.69 Å². The second kappa shape index (κ2) is 4.77. The maximum absolute atomic E-state index is 12.3. The first-order valence-corrected chi connectivity index (χ1v) is 5.83. The third kappa shape index (κ3) is 2.21. The van der Waals surface area contributed by atoms with E-state index in [1.165, 1.54) is 16.8 Å². The van der Waals surface area contributed by atoms with Gasteiger partial charge in [0.05, 0.1) is 11.1 Å². The molecule has 0 unspecified atom stereocenters. The molecule has 1 N–H and O–H groups in total. The molecule has 0 aromatic carbocycles. The molecule has 1 aromatic heterocycles. The predicted molar refractivity (Wildman–Crippen MR) is 65.4 cm³/mol. The first kappa shape index (κ1) is 12.6. The molecule has 0 aliphatic carbocycles. The Morgan fingerprint density at radius 1 is 1.61 bits per heavy atom. The molecule has 2 rings (SSSR count). The zero-order chi connectivity index (χ0) is 13.3. The topological polar surface area (TPSA) is 80.4 Å². The van der Waals surface area contributed by atoms with Crippen LogP contribution in [-0.2, 0) is 7.05 Å². The molecule has 1 fully saturated rings. The Morgan fingerprint density at radius 2 is 2.33 bits per heavy atom. The summed E-state index contributed by atoms with van der Waals surface area (Å²) in [5, 5.41) is 13.9. The van der Waals surface area contributed by atoms with Gasteiger partial charge in [-0.25, -0.2) is 0 Å². The van der Waals surface area contributed by atoms with Crippen molar-refractivity contribution in [3.8, 4) is 0 Å². The lowest BCUT2D eigenvalue weighted by atomic mass is 10.2. The summed E-state index contributed by atoms with van der Waals surface area (Å²) in [5.74, 6) is -0.153. The Kier molecular flexibility index (Phi) is 3.33. The summed E-state index contributed by atoms with van der Waals surface area (Å²) in [7, 11) is 1.65. The molecule has 0 bridgehead atoms. The van der Waals surface area contributed by atoms with Gasteiger partial charge in [0.1, 0.15) is 5.69 Å². The van der Waals surface area contributed by atoms with Crippen LogP contribution in [0, 0.1) is 10.1 Å². The van der Waals surface area contributed by atoms with E-state index in [0.29, 0.717) is 12.2 Å². The molecule has 7 heteroatoms. The molecule has 1 amide bonds. The summed E-state index contributed by atoms with van der Waals surface area (Å²) < 4.78 is 1.51. The summed E-state index contributed by atoms with van der Waals surface area (Å²) in [6.45, 7) is 4.08. The normalized spacial score (nSPS) is 19.9. The van der Waals surface area contributed by atoms with Crippen LogP contribution < -0.4 is 5.32 Å². The van der Waals surface area contributed by atoms with Crippen LogP contribution in [0.3, 0.4) is 0 Å². The number of nitrogens with one attached hydrogen (secondary N) is 1. The smallest absolute Gasteiger partial charge is 0.287 e. The number of nitro groups is 1. The Morgan fingerprint density at radius 3 is 2.89 bits per heavy atom. The minimum Gasteiger partial charge on any atom is -0.340 e. The molecule has 0 saturated carbocycles. The highest BCUT2D eigenvalue weighted by Crippen LogP contribution is 2.18. The number of hydrogen-bond donors (Lipinski definition) is 1. The lowest BCUT2D eigenvalue weighted by Crippen LogP contribution is -2.52. The van der Waals surface area contributed by atoms with Gasteiger partial charge in [0.25, 0.3) is 11.6 Å². The Bertz CT molecular complexity index is 483. The molecule has 0 spiro atoms. The molecule has 98 valence electrons. The van der Waals surface area contributed by atoms with Crippen LogP contribution in [0.15, 0.2) is 12.3 Å². The zero-order valence-corrected chi connectivity index (χ0v) is 10.4. The lowest BCUT2D eigenvalue weighted by molar-refractivity contribution is -0.384. The summed E-state index contributed by atoms with van der Waals surface area (Å²) in [4.78, 5) is 24.3. The first-order valence-electron chi connectivity index (χ1n) is 5.83. The van der Waals surface area contributed by atoms with E-state index in [9.17, 15) is 14.9 Å². The second-order valence-corrected chi connectivity index (χ2v) is 4.50. The minimum atomic E-state index is -0.488. The monoisotopic (exact) mass is 252 g/mol. The molecule has 0 radical (unpaired) electrons. The molecule has 1 aromatic rings. The number of piperazine rings is 1. The van der Waals surface area contributed by atoms with Crippen molar-refractivity contribution in [3.63, 3.8) is 0 Å². The van der Waals surface area contributed by atoms with Crippen LogP contribution in [0.1, 0.15) is 17.4 Å². The number of aryl methyl sites for hydroxylation is 1. The van der Waals surface area contributed by atoms with Crippen LogP contribution in [0.5, 0.6) is 0 Å². The van der Waals surface area contributed by atoms with Crippen molar-refractivity contribution in [3.05, 3.63) is 28.1 Å². The van der Waals surface area contributed by atoms with E-state index in [0.717, 1.165) is 13.1 Å². The number of amides is 1. The third-order valence-corrected chi connectivity index (χ3v) is 3.18. The predicted octanol–water partition coefficient (Wildman–Crippen LogP) is 0.367. The summed E-state index contributed by atoms with van der Waals surface area (Å²) in [6, 6.07) is 1.43. The number of hydrogen-bond acceptors (Lipinski definition) is 4. The Hall–Kier alpha value is -1.89. The largest absolute Gasteiger partial charge is 0.340 e. The van der Waals surface area contributed by atoms with Crippen molar-refractivity contribution in [2.75, 3.05) is 19.6 Å². The highest BCUT2D eigenvalue weighted by molar-refractivity contribution is 5.93. The van der Waals surface area contributed by atoms with Crippen molar-refractivity contribution in [1.29, 1.82) is 0 Å². The molecule has 7 nitrogen and oxygen atoms in total. The van der Waals surface area contributed by atoms with E-state index in [2.05, 4.69) is 5.32 Å². The average Bonchev–Trinajstić information content (AvgIpc) is 2.71. The highest BCUT2D eigenvalue weighted by atomic mass is 16.6. The van der Waals surface area contributed by atoms with Gasteiger partial charge in [-0.1, -0.05) is 0 Å². The fourth-order valence-corrected chi connectivity index (χ4v) is 2.15. The molecule has 1 atom stereocenters. The summed E-state index contributed by atoms with van der Waals surface area (Å²) >= 11 is 0. The number of carbonyl (C=O) groups is 1. The number of nitrogens with zero attached hydrogens (tertiary/aromatic N) is 3. The van der Waals surface area contributed by atoms with Crippen molar-refractivity contribution in [2.45, 2.75) is 13.0 Å². The van der Waals surface area contributed by atoms with Crippen molar-refractivity contribution >= 4 is 11.6 Å². The van der Waals surface area contributed by atoms with E-state index >= 15 is 0 Å². The van der Waals surface area contributed by atoms with Crippen molar-refractivity contribution in [2.24, 2.45) is 7.05 Å². The maximum atomic E-state index is 12.3. The Balaban J connectivity index is 2.25. The summed E-state index contributed by atoms with van der Waals surface area (Å²) in [5.41, 5.74) is 0.305. The standard InChI is InChI=1S/C11H16N4O3/c1-8-6-12-3-4-14(8)11(16)10-5-9(15(17)18)7-13(10)2/h5,7-8,12H,3-4,6H2,1-2H3/t8-/m0/s1. The second-order valence-electron chi connectivity index (χ2n) is 4.50. The molecule has 1 aliphatic rings. The van der Waals surface area contributed by atoms with E-state index in [1.807, 2.05) is 6.92 Å². The van der Waals surface area contributed by atoms with Crippen LogP contribution in [0.2, 0.25) is 0 Å². The van der Waals surface area contributed by atoms with Crippen molar-refractivity contribution < 1.29 is 9.72 Å². The van der Waals surface area contributed by atoms with Gasteiger partial charge in [0.2, 0.25) is 0 Å². The van der Waals surface area contributed by atoms with E-state index in [1.54, 1.807) is 11.9 Å². The van der Waals surface area contributed by atoms with Gasteiger partial charge in [-0.15, -0.1) is 0 Å². The van der Waals surface area contributed by atoms with E-state index in [-0.39, 0.29) is 17.6 Å². The molecule has 1 aliphatic heterocycles. The van der Waals surface area contributed by atoms with Gasteiger partial charge in [-0.3, -0.25) is 14.9 Å². The summed E-state index contributed by atoms with van der Waals surface area (Å²) in [6.07, 6.45) is 1.36.